The molecule has 1 heteroatoms. The molecule has 0 N–H and O–H groups in total. The molecular formula is C14H13Br. The molecule has 0 aromatic heterocycles. The maximum Gasteiger partial charge on any atom is 0.0181 e. The Bertz CT molecular complexity index is 486. The number of aryl methyl sites for hydroxylation is 2. The van der Waals surface area contributed by atoms with Crippen molar-refractivity contribution < 1.29 is 0 Å². The van der Waals surface area contributed by atoms with Crippen molar-refractivity contribution in [3.63, 3.8) is 0 Å². The molecule has 0 amide bonds. The van der Waals surface area contributed by atoms with E-state index in [4.69, 9.17) is 0 Å². The van der Waals surface area contributed by atoms with Crippen molar-refractivity contribution >= 4 is 15.9 Å². The Kier molecular flexibility index (Phi) is 2.92. The molecule has 0 saturated heterocycles. The summed E-state index contributed by atoms with van der Waals surface area (Å²) in [7, 11) is 0. The highest BCUT2D eigenvalue weighted by Crippen LogP contribution is 2.26. The average Bonchev–Trinajstić information content (AvgIpc) is 2.17. The smallest absolute Gasteiger partial charge is 0.0181 e. The molecule has 0 radical (unpaired) electrons. The Hall–Kier alpha value is -1.08. The highest BCUT2D eigenvalue weighted by Gasteiger charge is 2.01. The van der Waals surface area contributed by atoms with Crippen LogP contribution in [-0.2, 0) is 0 Å². The van der Waals surface area contributed by atoms with Gasteiger partial charge in [-0.1, -0.05) is 51.8 Å². The number of benzene rings is 2. The molecule has 2 rings (SSSR count). The molecule has 0 spiro atoms. The van der Waals surface area contributed by atoms with Crippen LogP contribution in [0.2, 0.25) is 0 Å². The zero-order chi connectivity index (χ0) is 10.8. The molecule has 0 aliphatic carbocycles. The van der Waals surface area contributed by atoms with Gasteiger partial charge in [0.15, 0.2) is 0 Å². The first kappa shape index (κ1) is 10.4. The van der Waals surface area contributed by atoms with Gasteiger partial charge in [-0.3, -0.25) is 0 Å². The third kappa shape index (κ3) is 2.29. The summed E-state index contributed by atoms with van der Waals surface area (Å²) < 4.78 is 1.12. The van der Waals surface area contributed by atoms with E-state index in [1.54, 1.807) is 0 Å². The zero-order valence-corrected chi connectivity index (χ0v) is 10.5. The van der Waals surface area contributed by atoms with E-state index in [1.807, 2.05) is 6.07 Å². The van der Waals surface area contributed by atoms with E-state index in [9.17, 15) is 0 Å². The molecule has 2 aromatic carbocycles. The Labute approximate surface area is 99.1 Å². The maximum atomic E-state index is 3.50. The number of rotatable bonds is 1. The molecule has 2 aromatic rings. The van der Waals surface area contributed by atoms with Crippen molar-refractivity contribution in [2.45, 2.75) is 13.8 Å². The van der Waals surface area contributed by atoms with E-state index in [1.165, 1.54) is 22.3 Å². The van der Waals surface area contributed by atoms with Crippen molar-refractivity contribution in [3.05, 3.63) is 58.1 Å². The molecule has 15 heavy (non-hydrogen) atoms. The lowest BCUT2D eigenvalue weighted by molar-refractivity contribution is 1.38. The molecule has 0 aliphatic rings. The lowest BCUT2D eigenvalue weighted by atomic mass is 9.99. The molecule has 0 saturated carbocycles. The molecule has 0 heterocycles. The third-order valence-electron chi connectivity index (χ3n) is 2.52. The Morgan fingerprint density at radius 2 is 1.73 bits per heavy atom. The van der Waals surface area contributed by atoms with E-state index in [2.05, 4.69) is 66.2 Å². The van der Waals surface area contributed by atoms with E-state index in [0.29, 0.717) is 0 Å². The topological polar surface area (TPSA) is 0 Å². The van der Waals surface area contributed by atoms with E-state index in [0.717, 1.165) is 4.47 Å². The summed E-state index contributed by atoms with van der Waals surface area (Å²) >= 11 is 3.50. The second-order valence-corrected chi connectivity index (χ2v) is 4.74. The largest absolute Gasteiger partial charge is 0.0605 e. The highest BCUT2D eigenvalue weighted by molar-refractivity contribution is 9.10. The van der Waals surface area contributed by atoms with Gasteiger partial charge in [0.1, 0.15) is 0 Å². The summed E-state index contributed by atoms with van der Waals surface area (Å²) in [6.07, 6.45) is 0. The van der Waals surface area contributed by atoms with Crippen molar-refractivity contribution in [2.75, 3.05) is 0 Å². The van der Waals surface area contributed by atoms with Crippen LogP contribution in [0.4, 0.5) is 0 Å². The summed E-state index contributed by atoms with van der Waals surface area (Å²) in [6.45, 7) is 4.28. The quantitative estimate of drug-likeness (QED) is 0.696. The SMILES string of the molecule is Cc1ccc(-c2cccc(Br)c2)c(C)c1. The second kappa shape index (κ2) is 4.19. The maximum absolute atomic E-state index is 3.50. The Morgan fingerprint density at radius 3 is 2.40 bits per heavy atom. The van der Waals surface area contributed by atoms with Crippen LogP contribution in [0.5, 0.6) is 0 Å². The van der Waals surface area contributed by atoms with Crippen LogP contribution in [0, 0.1) is 13.8 Å². The average molecular weight is 261 g/mol. The summed E-state index contributed by atoms with van der Waals surface area (Å²) in [5.74, 6) is 0. The second-order valence-electron chi connectivity index (χ2n) is 3.83. The van der Waals surface area contributed by atoms with Gasteiger partial charge in [-0.25, -0.2) is 0 Å². The molecular weight excluding hydrogens is 248 g/mol. The fourth-order valence-electron chi connectivity index (χ4n) is 1.79. The minimum absolute atomic E-state index is 1.12. The van der Waals surface area contributed by atoms with Crippen LogP contribution in [-0.4, -0.2) is 0 Å². The molecule has 0 bridgehead atoms. The van der Waals surface area contributed by atoms with E-state index in [-0.39, 0.29) is 0 Å². The van der Waals surface area contributed by atoms with Crippen molar-refractivity contribution in [3.8, 4) is 11.1 Å². The van der Waals surface area contributed by atoms with Gasteiger partial charge in [-0.15, -0.1) is 0 Å². The fraction of sp³-hybridized carbons (Fsp3) is 0.143. The Balaban J connectivity index is 2.54. The predicted molar refractivity (Wildman–Crippen MR) is 69.1 cm³/mol. The van der Waals surface area contributed by atoms with Gasteiger partial charge in [0, 0.05) is 4.47 Å². The molecule has 0 aliphatic heterocycles. The predicted octanol–water partition coefficient (Wildman–Crippen LogP) is 4.73. The first-order chi connectivity index (χ1) is 7.16. The zero-order valence-electron chi connectivity index (χ0n) is 8.92. The van der Waals surface area contributed by atoms with Crippen LogP contribution in [0.1, 0.15) is 11.1 Å². The third-order valence-corrected chi connectivity index (χ3v) is 3.01. The van der Waals surface area contributed by atoms with Crippen LogP contribution in [0.25, 0.3) is 11.1 Å². The van der Waals surface area contributed by atoms with Gasteiger partial charge < -0.3 is 0 Å². The first-order valence-electron chi connectivity index (χ1n) is 5.00. The fourth-order valence-corrected chi connectivity index (χ4v) is 2.19. The Morgan fingerprint density at radius 1 is 0.933 bits per heavy atom. The van der Waals surface area contributed by atoms with Crippen LogP contribution in [0.3, 0.4) is 0 Å². The first-order valence-corrected chi connectivity index (χ1v) is 5.79. The van der Waals surface area contributed by atoms with Gasteiger partial charge in [0.05, 0.1) is 0 Å². The van der Waals surface area contributed by atoms with E-state index >= 15 is 0 Å². The minimum atomic E-state index is 1.12. The number of hydrogen-bond donors (Lipinski definition) is 0. The lowest BCUT2D eigenvalue weighted by Gasteiger charge is -2.07. The summed E-state index contributed by atoms with van der Waals surface area (Å²) in [6, 6.07) is 15.0. The number of hydrogen-bond acceptors (Lipinski definition) is 0. The molecule has 0 fully saturated rings. The van der Waals surface area contributed by atoms with Crippen LogP contribution < -0.4 is 0 Å². The van der Waals surface area contributed by atoms with Crippen LogP contribution in [0.15, 0.2) is 46.9 Å². The van der Waals surface area contributed by atoms with Crippen molar-refractivity contribution in [1.29, 1.82) is 0 Å². The normalized spacial score (nSPS) is 10.3. The molecule has 76 valence electrons. The molecule has 0 unspecified atom stereocenters. The monoisotopic (exact) mass is 260 g/mol. The van der Waals surface area contributed by atoms with Gasteiger partial charge in [0.2, 0.25) is 0 Å². The van der Waals surface area contributed by atoms with Gasteiger partial charge in [-0.05, 0) is 42.7 Å². The van der Waals surface area contributed by atoms with E-state index < -0.39 is 0 Å². The van der Waals surface area contributed by atoms with Gasteiger partial charge in [0.25, 0.3) is 0 Å². The molecule has 0 nitrogen and oxygen atoms in total. The van der Waals surface area contributed by atoms with Crippen molar-refractivity contribution in [2.24, 2.45) is 0 Å². The minimum Gasteiger partial charge on any atom is -0.0605 e. The highest BCUT2D eigenvalue weighted by atomic mass is 79.9. The summed E-state index contributed by atoms with van der Waals surface area (Å²) in [4.78, 5) is 0. The summed E-state index contributed by atoms with van der Waals surface area (Å²) in [5.41, 5.74) is 5.21. The van der Waals surface area contributed by atoms with Gasteiger partial charge >= 0.3 is 0 Å². The summed E-state index contributed by atoms with van der Waals surface area (Å²) in [5, 5.41) is 0. The molecule has 0 atom stereocenters. The number of halogens is 1. The standard InChI is InChI=1S/C14H13Br/c1-10-6-7-14(11(2)8-10)12-4-3-5-13(15)9-12/h3-9H,1-2H3. The lowest BCUT2D eigenvalue weighted by Crippen LogP contribution is -1.84. The van der Waals surface area contributed by atoms with Crippen molar-refractivity contribution in [1.82, 2.24) is 0 Å². The van der Waals surface area contributed by atoms with Gasteiger partial charge in [-0.2, -0.15) is 0 Å². The van der Waals surface area contributed by atoms with Crippen LogP contribution >= 0.6 is 15.9 Å².